The van der Waals surface area contributed by atoms with Crippen molar-refractivity contribution in [3.8, 4) is 0 Å². The Morgan fingerprint density at radius 1 is 1.47 bits per heavy atom. The molecule has 0 saturated carbocycles. The third-order valence-electron chi connectivity index (χ3n) is 3.47. The van der Waals surface area contributed by atoms with Gasteiger partial charge in [0.15, 0.2) is 0 Å². The first-order valence-corrected chi connectivity index (χ1v) is 6.72. The second-order valence-electron chi connectivity index (χ2n) is 4.74. The number of rotatable bonds is 4. The Balaban J connectivity index is 2.03. The molecular formula is C11H17ClN2O5. The van der Waals surface area contributed by atoms with E-state index in [1.165, 1.54) is 4.90 Å². The standard InChI is InChI=1S/C11H17ClN2O5/c12-2-1-6-4-14(11(18)13-10(6)17)9-3-7(16)8(5-15)19-9/h6-9,15-16H,1-5H2,(H,13,17,18)/t6?,7-,8+,9+/m0/s1. The van der Waals surface area contributed by atoms with Crippen LogP contribution in [0.25, 0.3) is 0 Å². The summed E-state index contributed by atoms with van der Waals surface area (Å²) in [6.45, 7) is -0.0932. The summed E-state index contributed by atoms with van der Waals surface area (Å²) in [5.41, 5.74) is 0. The van der Waals surface area contributed by atoms with Crippen LogP contribution in [0.5, 0.6) is 0 Å². The summed E-state index contributed by atoms with van der Waals surface area (Å²) in [6, 6.07) is -0.536. The van der Waals surface area contributed by atoms with Crippen LogP contribution < -0.4 is 5.32 Å². The molecule has 2 aliphatic heterocycles. The summed E-state index contributed by atoms with van der Waals surface area (Å²) in [7, 11) is 0. The molecule has 0 aromatic carbocycles. The predicted molar refractivity (Wildman–Crippen MR) is 65.4 cm³/mol. The van der Waals surface area contributed by atoms with E-state index in [0.717, 1.165) is 0 Å². The Bertz CT molecular complexity index is 367. The van der Waals surface area contributed by atoms with Gasteiger partial charge >= 0.3 is 6.03 Å². The first-order chi connectivity index (χ1) is 9.06. The molecule has 0 aliphatic carbocycles. The summed E-state index contributed by atoms with van der Waals surface area (Å²) in [5, 5.41) is 20.9. The molecular weight excluding hydrogens is 276 g/mol. The van der Waals surface area contributed by atoms with Crippen molar-refractivity contribution >= 4 is 23.5 Å². The van der Waals surface area contributed by atoms with Crippen LogP contribution in [0, 0.1) is 5.92 Å². The summed E-state index contributed by atoms with van der Waals surface area (Å²) in [6.07, 6.45) is -1.44. The van der Waals surface area contributed by atoms with Crippen molar-refractivity contribution in [3.05, 3.63) is 0 Å². The van der Waals surface area contributed by atoms with Gasteiger partial charge in [-0.25, -0.2) is 4.79 Å². The first kappa shape index (κ1) is 14.5. The van der Waals surface area contributed by atoms with Crippen molar-refractivity contribution in [2.45, 2.75) is 31.3 Å². The van der Waals surface area contributed by atoms with E-state index in [1.54, 1.807) is 0 Å². The van der Waals surface area contributed by atoms with Gasteiger partial charge in [-0.05, 0) is 6.42 Å². The minimum atomic E-state index is -0.813. The topological polar surface area (TPSA) is 99.1 Å². The molecule has 2 fully saturated rings. The number of hydrogen-bond donors (Lipinski definition) is 3. The zero-order valence-electron chi connectivity index (χ0n) is 10.3. The molecule has 8 heteroatoms. The molecule has 19 heavy (non-hydrogen) atoms. The number of aliphatic hydroxyl groups is 2. The molecule has 2 saturated heterocycles. The highest BCUT2D eigenvalue weighted by molar-refractivity contribution is 6.18. The number of urea groups is 1. The van der Waals surface area contributed by atoms with Crippen molar-refractivity contribution in [3.63, 3.8) is 0 Å². The van der Waals surface area contributed by atoms with Crippen molar-refractivity contribution in [1.82, 2.24) is 10.2 Å². The summed E-state index contributed by atoms with van der Waals surface area (Å²) >= 11 is 5.62. The van der Waals surface area contributed by atoms with Gasteiger partial charge in [-0.15, -0.1) is 11.6 Å². The molecule has 0 bridgehead atoms. The van der Waals surface area contributed by atoms with E-state index in [-0.39, 0.29) is 31.4 Å². The molecule has 4 atom stereocenters. The van der Waals surface area contributed by atoms with Gasteiger partial charge in [-0.1, -0.05) is 0 Å². The van der Waals surface area contributed by atoms with E-state index in [4.69, 9.17) is 21.4 Å². The minimum Gasteiger partial charge on any atom is -0.394 e. The summed E-state index contributed by atoms with van der Waals surface area (Å²) in [4.78, 5) is 24.7. The number of hydrogen-bond acceptors (Lipinski definition) is 5. The smallest absolute Gasteiger partial charge is 0.326 e. The van der Waals surface area contributed by atoms with Crippen LogP contribution in [0.2, 0.25) is 0 Å². The fraction of sp³-hybridized carbons (Fsp3) is 0.818. The monoisotopic (exact) mass is 292 g/mol. The average molecular weight is 293 g/mol. The van der Waals surface area contributed by atoms with Gasteiger partial charge < -0.3 is 14.9 Å². The second-order valence-corrected chi connectivity index (χ2v) is 5.11. The SMILES string of the molecule is O=C1NC(=O)N([C@H]2C[C@H](O)[C@@H](CO)O2)CC1CCCl. The van der Waals surface area contributed by atoms with Crippen molar-refractivity contribution in [2.75, 3.05) is 19.0 Å². The van der Waals surface area contributed by atoms with Gasteiger partial charge in [-0.2, -0.15) is 0 Å². The van der Waals surface area contributed by atoms with Gasteiger partial charge in [0.25, 0.3) is 0 Å². The van der Waals surface area contributed by atoms with Crippen LogP contribution >= 0.6 is 11.6 Å². The number of halogens is 1. The fourth-order valence-electron chi connectivity index (χ4n) is 2.36. The van der Waals surface area contributed by atoms with E-state index in [9.17, 15) is 14.7 Å². The highest BCUT2D eigenvalue weighted by Gasteiger charge is 2.42. The number of carbonyl (C=O) groups excluding carboxylic acids is 2. The molecule has 108 valence electrons. The number of amides is 3. The van der Waals surface area contributed by atoms with E-state index < -0.39 is 24.5 Å². The summed E-state index contributed by atoms with van der Waals surface area (Å²) in [5.74, 6) is -0.378. The highest BCUT2D eigenvalue weighted by atomic mass is 35.5. The Labute approximate surface area is 115 Å². The lowest BCUT2D eigenvalue weighted by Crippen LogP contribution is -2.57. The van der Waals surface area contributed by atoms with E-state index in [0.29, 0.717) is 12.3 Å². The first-order valence-electron chi connectivity index (χ1n) is 6.18. The fourth-order valence-corrected chi connectivity index (χ4v) is 2.62. The number of nitrogens with zero attached hydrogens (tertiary/aromatic N) is 1. The maximum atomic E-state index is 11.8. The molecule has 0 aromatic rings. The van der Waals surface area contributed by atoms with Crippen LogP contribution in [0.15, 0.2) is 0 Å². The lowest BCUT2D eigenvalue weighted by atomic mass is 10.0. The van der Waals surface area contributed by atoms with Crippen molar-refractivity contribution in [2.24, 2.45) is 5.92 Å². The molecule has 3 amide bonds. The van der Waals surface area contributed by atoms with Crippen LogP contribution in [0.4, 0.5) is 4.79 Å². The number of aliphatic hydroxyl groups excluding tert-OH is 2. The Hall–Kier alpha value is -0.890. The molecule has 2 aliphatic rings. The van der Waals surface area contributed by atoms with Crippen molar-refractivity contribution < 1.29 is 24.5 Å². The van der Waals surface area contributed by atoms with Crippen LogP contribution in [0.3, 0.4) is 0 Å². The lowest BCUT2D eigenvalue weighted by Gasteiger charge is -2.35. The van der Waals surface area contributed by atoms with Crippen molar-refractivity contribution in [1.29, 1.82) is 0 Å². The van der Waals surface area contributed by atoms with E-state index in [2.05, 4.69) is 5.32 Å². The molecule has 0 radical (unpaired) electrons. The maximum Gasteiger partial charge on any atom is 0.326 e. The second kappa shape index (κ2) is 6.04. The number of nitrogens with one attached hydrogen (secondary N) is 1. The van der Waals surface area contributed by atoms with Crippen LogP contribution in [-0.2, 0) is 9.53 Å². The minimum absolute atomic E-state index is 0.215. The van der Waals surface area contributed by atoms with Crippen LogP contribution in [-0.4, -0.2) is 64.5 Å². The van der Waals surface area contributed by atoms with Crippen LogP contribution in [0.1, 0.15) is 12.8 Å². The lowest BCUT2D eigenvalue weighted by molar-refractivity contribution is -0.129. The highest BCUT2D eigenvalue weighted by Crippen LogP contribution is 2.26. The normalized spacial score (nSPS) is 35.6. The van der Waals surface area contributed by atoms with Gasteiger partial charge in [0.1, 0.15) is 12.3 Å². The number of imide groups is 1. The van der Waals surface area contributed by atoms with E-state index >= 15 is 0 Å². The van der Waals surface area contributed by atoms with Gasteiger partial charge in [0.05, 0.1) is 18.6 Å². The third-order valence-corrected chi connectivity index (χ3v) is 3.69. The molecule has 3 N–H and O–H groups in total. The van der Waals surface area contributed by atoms with Gasteiger partial charge in [-0.3, -0.25) is 15.0 Å². The Morgan fingerprint density at radius 3 is 2.79 bits per heavy atom. The number of alkyl halides is 1. The Morgan fingerprint density at radius 2 is 2.21 bits per heavy atom. The van der Waals surface area contributed by atoms with E-state index in [1.807, 2.05) is 0 Å². The quantitative estimate of drug-likeness (QED) is 0.592. The van der Waals surface area contributed by atoms with Gasteiger partial charge in [0.2, 0.25) is 5.91 Å². The maximum absolute atomic E-state index is 11.8. The average Bonchev–Trinajstić information content (AvgIpc) is 2.74. The molecule has 1 unspecified atom stereocenters. The van der Waals surface area contributed by atoms with Gasteiger partial charge in [0, 0.05) is 18.8 Å². The largest absolute Gasteiger partial charge is 0.394 e. The summed E-state index contributed by atoms with van der Waals surface area (Å²) < 4.78 is 5.42. The predicted octanol–water partition coefficient (Wildman–Crippen LogP) is -0.749. The number of ether oxygens (including phenoxy) is 1. The molecule has 7 nitrogen and oxygen atoms in total. The third kappa shape index (κ3) is 3.00. The zero-order chi connectivity index (χ0) is 14.0. The molecule has 0 aromatic heterocycles. The Kier molecular flexibility index (Phi) is 4.62. The molecule has 2 heterocycles. The number of carbonyl (C=O) groups is 2. The molecule has 0 spiro atoms. The zero-order valence-corrected chi connectivity index (χ0v) is 11.0. The molecule has 2 rings (SSSR count).